The van der Waals surface area contributed by atoms with E-state index in [9.17, 15) is 0 Å². The fraction of sp³-hybridized carbons (Fsp3) is 0.571. The van der Waals surface area contributed by atoms with E-state index < -0.39 is 0 Å². The fourth-order valence-electron chi connectivity index (χ4n) is 1.81. The van der Waals surface area contributed by atoms with Gasteiger partial charge in [-0.25, -0.2) is 0 Å². The predicted octanol–water partition coefficient (Wildman–Crippen LogP) is 5.20. The van der Waals surface area contributed by atoms with E-state index in [1.54, 1.807) is 7.11 Å². The highest BCUT2D eigenvalue weighted by Gasteiger charge is 2.09. The molecule has 1 aromatic rings. The molecule has 0 amide bonds. The molecule has 1 aromatic carbocycles. The van der Waals surface area contributed by atoms with Crippen LogP contribution in [-0.4, -0.2) is 11.9 Å². The Morgan fingerprint density at radius 3 is 2.59 bits per heavy atom. The van der Waals surface area contributed by atoms with E-state index in [4.69, 9.17) is 4.74 Å². The summed E-state index contributed by atoms with van der Waals surface area (Å²) in [5.41, 5.74) is 1.32. The average molecular weight is 364 g/mol. The van der Waals surface area contributed by atoms with Gasteiger partial charge in [-0.3, -0.25) is 0 Å². The first-order chi connectivity index (χ1) is 8.02. The molecule has 0 saturated heterocycles. The number of halogens is 2. The number of methoxy groups -OCH3 is 1. The maximum atomic E-state index is 5.25. The Kier molecular flexibility index (Phi) is 6.57. The van der Waals surface area contributed by atoms with Crippen molar-refractivity contribution in [3.05, 3.63) is 28.2 Å². The summed E-state index contributed by atoms with van der Waals surface area (Å²) in [5, 5.41) is 0. The van der Waals surface area contributed by atoms with Crippen LogP contribution in [0.3, 0.4) is 0 Å². The van der Waals surface area contributed by atoms with Crippen LogP contribution in [0.4, 0.5) is 0 Å². The molecular formula is C14H20Br2O. The van der Waals surface area contributed by atoms with E-state index in [1.807, 2.05) is 6.07 Å². The van der Waals surface area contributed by atoms with Gasteiger partial charge in [0.1, 0.15) is 5.75 Å². The van der Waals surface area contributed by atoms with Gasteiger partial charge in [0.25, 0.3) is 0 Å². The van der Waals surface area contributed by atoms with Crippen LogP contribution >= 0.6 is 31.9 Å². The molecule has 17 heavy (non-hydrogen) atoms. The van der Waals surface area contributed by atoms with Crippen molar-refractivity contribution in [1.82, 2.24) is 0 Å². The van der Waals surface area contributed by atoms with Crippen molar-refractivity contribution in [2.45, 2.75) is 37.9 Å². The Balaban J connectivity index is 2.56. The second kappa shape index (κ2) is 7.42. The highest BCUT2D eigenvalue weighted by atomic mass is 79.9. The lowest BCUT2D eigenvalue weighted by Gasteiger charge is -2.13. The van der Waals surface area contributed by atoms with Crippen molar-refractivity contribution in [3.8, 4) is 5.75 Å². The van der Waals surface area contributed by atoms with Crippen LogP contribution in [0.1, 0.15) is 32.3 Å². The minimum absolute atomic E-state index is 0.598. The summed E-state index contributed by atoms with van der Waals surface area (Å²) < 4.78 is 6.42. The minimum Gasteiger partial charge on any atom is -0.497 e. The molecule has 0 N–H and O–H groups in total. The van der Waals surface area contributed by atoms with Gasteiger partial charge in [0.05, 0.1) is 7.11 Å². The second-order valence-electron chi connectivity index (χ2n) is 4.72. The Morgan fingerprint density at radius 1 is 1.29 bits per heavy atom. The van der Waals surface area contributed by atoms with Gasteiger partial charge < -0.3 is 4.74 Å². The summed E-state index contributed by atoms with van der Waals surface area (Å²) in [4.78, 5) is 0.598. The van der Waals surface area contributed by atoms with Crippen LogP contribution in [-0.2, 0) is 6.42 Å². The van der Waals surface area contributed by atoms with Crippen LogP contribution in [0.25, 0.3) is 0 Å². The molecule has 0 aromatic heterocycles. The van der Waals surface area contributed by atoms with Crippen LogP contribution in [0.5, 0.6) is 5.75 Å². The molecule has 96 valence electrons. The molecule has 1 rings (SSSR count). The Labute approximate surface area is 121 Å². The monoisotopic (exact) mass is 362 g/mol. The first-order valence-corrected chi connectivity index (χ1v) is 7.70. The summed E-state index contributed by atoms with van der Waals surface area (Å²) >= 11 is 7.34. The van der Waals surface area contributed by atoms with Gasteiger partial charge in [-0.05, 0) is 48.9 Å². The zero-order valence-electron chi connectivity index (χ0n) is 10.7. The van der Waals surface area contributed by atoms with Crippen LogP contribution in [0.2, 0.25) is 0 Å². The van der Waals surface area contributed by atoms with Gasteiger partial charge in [0, 0.05) is 9.30 Å². The van der Waals surface area contributed by atoms with E-state index in [2.05, 4.69) is 57.8 Å². The Morgan fingerprint density at radius 2 is 2.00 bits per heavy atom. The normalized spacial score (nSPS) is 12.8. The molecule has 0 heterocycles. The lowest BCUT2D eigenvalue weighted by atomic mass is 10.0. The third-order valence-electron chi connectivity index (χ3n) is 2.71. The molecule has 0 fully saturated rings. The first-order valence-electron chi connectivity index (χ1n) is 5.99. The van der Waals surface area contributed by atoms with Gasteiger partial charge in [0.15, 0.2) is 0 Å². The molecule has 0 aliphatic heterocycles. The largest absolute Gasteiger partial charge is 0.497 e. The molecular weight excluding hydrogens is 344 g/mol. The van der Waals surface area contributed by atoms with Crippen LogP contribution in [0, 0.1) is 5.92 Å². The third kappa shape index (κ3) is 5.43. The molecule has 0 saturated carbocycles. The van der Waals surface area contributed by atoms with Gasteiger partial charge in [-0.2, -0.15) is 0 Å². The number of ether oxygens (including phenoxy) is 1. The Bertz CT molecular complexity index is 350. The van der Waals surface area contributed by atoms with Crippen molar-refractivity contribution in [2.75, 3.05) is 7.11 Å². The van der Waals surface area contributed by atoms with Gasteiger partial charge in [-0.15, -0.1) is 0 Å². The van der Waals surface area contributed by atoms with Crippen molar-refractivity contribution in [1.29, 1.82) is 0 Å². The summed E-state index contributed by atoms with van der Waals surface area (Å²) in [5.74, 6) is 1.67. The van der Waals surface area contributed by atoms with Gasteiger partial charge in [0.2, 0.25) is 0 Å². The number of benzene rings is 1. The quantitative estimate of drug-likeness (QED) is 0.631. The zero-order valence-corrected chi connectivity index (χ0v) is 13.8. The summed E-state index contributed by atoms with van der Waals surface area (Å²) in [6, 6.07) is 6.15. The molecule has 1 nitrogen and oxygen atoms in total. The number of rotatable bonds is 6. The molecule has 0 radical (unpaired) electrons. The van der Waals surface area contributed by atoms with E-state index in [0.29, 0.717) is 4.83 Å². The SMILES string of the molecule is COc1ccc(Br)c(CCC(Br)CC(C)C)c1. The molecule has 3 heteroatoms. The minimum atomic E-state index is 0.598. The molecule has 0 bridgehead atoms. The zero-order chi connectivity index (χ0) is 12.8. The molecule has 1 atom stereocenters. The summed E-state index contributed by atoms with van der Waals surface area (Å²) in [7, 11) is 1.71. The highest BCUT2D eigenvalue weighted by molar-refractivity contribution is 9.10. The smallest absolute Gasteiger partial charge is 0.119 e. The number of hydrogen-bond donors (Lipinski definition) is 0. The van der Waals surface area contributed by atoms with Crippen LogP contribution in [0.15, 0.2) is 22.7 Å². The second-order valence-corrected chi connectivity index (χ2v) is 6.87. The van der Waals surface area contributed by atoms with E-state index in [0.717, 1.165) is 24.5 Å². The molecule has 0 spiro atoms. The highest BCUT2D eigenvalue weighted by Crippen LogP contribution is 2.26. The fourth-order valence-corrected chi connectivity index (χ4v) is 3.23. The van der Waals surface area contributed by atoms with Crippen molar-refractivity contribution < 1.29 is 4.74 Å². The topological polar surface area (TPSA) is 9.23 Å². The van der Waals surface area contributed by atoms with Crippen LogP contribution < -0.4 is 4.74 Å². The summed E-state index contributed by atoms with van der Waals surface area (Å²) in [6.45, 7) is 4.52. The number of alkyl halides is 1. The molecule has 0 aliphatic carbocycles. The first kappa shape index (κ1) is 15.0. The summed E-state index contributed by atoms with van der Waals surface area (Å²) in [6.07, 6.45) is 3.45. The predicted molar refractivity (Wildman–Crippen MR) is 81.2 cm³/mol. The van der Waals surface area contributed by atoms with Crippen molar-refractivity contribution in [3.63, 3.8) is 0 Å². The Hall–Kier alpha value is -0.0200. The third-order valence-corrected chi connectivity index (χ3v) is 4.31. The maximum Gasteiger partial charge on any atom is 0.119 e. The standard InChI is InChI=1S/C14H20Br2O/c1-10(2)8-12(15)5-4-11-9-13(17-3)6-7-14(11)16/h6-7,9-10,12H,4-5,8H2,1-3H3. The molecule has 0 aliphatic rings. The maximum absolute atomic E-state index is 5.25. The van der Waals surface area contributed by atoms with E-state index in [1.165, 1.54) is 16.5 Å². The number of hydrogen-bond acceptors (Lipinski definition) is 1. The lowest BCUT2D eigenvalue weighted by Crippen LogP contribution is -2.04. The van der Waals surface area contributed by atoms with Gasteiger partial charge in [-0.1, -0.05) is 45.7 Å². The molecule has 1 unspecified atom stereocenters. The van der Waals surface area contributed by atoms with Crippen molar-refractivity contribution >= 4 is 31.9 Å². The van der Waals surface area contributed by atoms with Crippen molar-refractivity contribution in [2.24, 2.45) is 5.92 Å². The number of aryl methyl sites for hydroxylation is 1. The van der Waals surface area contributed by atoms with E-state index in [-0.39, 0.29) is 0 Å². The lowest BCUT2D eigenvalue weighted by molar-refractivity contribution is 0.414. The van der Waals surface area contributed by atoms with E-state index >= 15 is 0 Å². The van der Waals surface area contributed by atoms with Gasteiger partial charge >= 0.3 is 0 Å². The average Bonchev–Trinajstić information content (AvgIpc) is 2.27.